The molecule has 0 amide bonds. The normalized spacial score (nSPS) is 11.5. The van der Waals surface area contributed by atoms with Crippen molar-refractivity contribution in [2.45, 2.75) is 26.9 Å². The van der Waals surface area contributed by atoms with Crippen LogP contribution in [0.15, 0.2) is 109 Å². The molecule has 6 rings (SSSR count). The van der Waals surface area contributed by atoms with Gasteiger partial charge in [0.1, 0.15) is 0 Å². The number of aromatic nitrogens is 2. The van der Waals surface area contributed by atoms with Crippen LogP contribution in [0.3, 0.4) is 0 Å². The van der Waals surface area contributed by atoms with E-state index in [1.807, 2.05) is 0 Å². The van der Waals surface area contributed by atoms with Gasteiger partial charge in [-0.25, -0.2) is 0 Å². The third-order valence-corrected chi connectivity index (χ3v) is 6.75. The Morgan fingerprint density at radius 3 is 1.91 bits per heavy atom. The zero-order chi connectivity index (χ0) is 23.1. The van der Waals surface area contributed by atoms with E-state index in [0.717, 1.165) is 13.1 Å². The van der Waals surface area contributed by atoms with Gasteiger partial charge in [0.05, 0.1) is 5.69 Å². The average Bonchev–Trinajstić information content (AvgIpc) is 3.37. The van der Waals surface area contributed by atoms with Crippen molar-refractivity contribution in [2.75, 3.05) is 0 Å². The molecule has 2 nitrogen and oxygen atoms in total. The zero-order valence-electron chi connectivity index (χ0n) is 19.7. The summed E-state index contributed by atoms with van der Waals surface area (Å²) < 4.78 is 4.88. The SMILES string of the molecule is Cc1ccc2c(c1)cc(-c1cn(Cc3ccccc3)c3ccc(C)cc13)n2Cc1ccccc1. The van der Waals surface area contributed by atoms with Crippen LogP contribution in [0.25, 0.3) is 33.1 Å². The van der Waals surface area contributed by atoms with Gasteiger partial charge in [-0.2, -0.15) is 0 Å². The molecule has 34 heavy (non-hydrogen) atoms. The van der Waals surface area contributed by atoms with E-state index in [1.165, 1.54) is 55.3 Å². The van der Waals surface area contributed by atoms with E-state index >= 15 is 0 Å². The van der Waals surface area contributed by atoms with Gasteiger partial charge < -0.3 is 9.13 Å². The second-order valence-electron chi connectivity index (χ2n) is 9.34. The van der Waals surface area contributed by atoms with E-state index in [9.17, 15) is 0 Å². The monoisotopic (exact) mass is 440 g/mol. The summed E-state index contributed by atoms with van der Waals surface area (Å²) in [7, 11) is 0. The van der Waals surface area contributed by atoms with E-state index < -0.39 is 0 Å². The Morgan fingerprint density at radius 1 is 0.588 bits per heavy atom. The van der Waals surface area contributed by atoms with Gasteiger partial charge in [0.25, 0.3) is 0 Å². The van der Waals surface area contributed by atoms with Crippen LogP contribution in [0.5, 0.6) is 0 Å². The number of hydrogen-bond donors (Lipinski definition) is 0. The quantitative estimate of drug-likeness (QED) is 0.257. The fourth-order valence-corrected chi connectivity index (χ4v) is 5.08. The lowest BCUT2D eigenvalue weighted by molar-refractivity contribution is 0.829. The van der Waals surface area contributed by atoms with Crippen molar-refractivity contribution in [1.29, 1.82) is 0 Å². The summed E-state index contributed by atoms with van der Waals surface area (Å²) in [5.74, 6) is 0. The van der Waals surface area contributed by atoms with Crippen LogP contribution in [-0.2, 0) is 13.1 Å². The molecule has 0 atom stereocenters. The van der Waals surface area contributed by atoms with Crippen LogP contribution in [0.1, 0.15) is 22.3 Å². The van der Waals surface area contributed by atoms with Crippen LogP contribution < -0.4 is 0 Å². The Bertz CT molecular complexity index is 1600. The van der Waals surface area contributed by atoms with Gasteiger partial charge in [-0.05, 0) is 55.3 Å². The van der Waals surface area contributed by atoms with Crippen molar-refractivity contribution in [1.82, 2.24) is 9.13 Å². The summed E-state index contributed by atoms with van der Waals surface area (Å²) in [5, 5.41) is 2.60. The highest BCUT2D eigenvalue weighted by atomic mass is 15.0. The van der Waals surface area contributed by atoms with Gasteiger partial charge in [-0.3, -0.25) is 0 Å². The number of benzene rings is 4. The largest absolute Gasteiger partial charge is 0.342 e. The Hall–Kier alpha value is -4.04. The minimum absolute atomic E-state index is 0.847. The molecule has 166 valence electrons. The number of nitrogens with zero attached hydrogens (tertiary/aromatic N) is 2. The minimum Gasteiger partial charge on any atom is -0.342 e. The summed E-state index contributed by atoms with van der Waals surface area (Å²) in [4.78, 5) is 0. The van der Waals surface area contributed by atoms with E-state index in [4.69, 9.17) is 0 Å². The van der Waals surface area contributed by atoms with Crippen molar-refractivity contribution < 1.29 is 0 Å². The molecule has 0 aliphatic carbocycles. The van der Waals surface area contributed by atoms with Crippen LogP contribution in [0, 0.1) is 13.8 Å². The third-order valence-electron chi connectivity index (χ3n) is 6.75. The molecule has 0 spiro atoms. The van der Waals surface area contributed by atoms with Crippen LogP contribution in [0.4, 0.5) is 0 Å². The molecule has 6 aromatic rings. The fraction of sp³-hybridized carbons (Fsp3) is 0.125. The molecule has 0 saturated carbocycles. The van der Waals surface area contributed by atoms with Crippen molar-refractivity contribution in [3.63, 3.8) is 0 Å². The Morgan fingerprint density at radius 2 is 1.21 bits per heavy atom. The van der Waals surface area contributed by atoms with Gasteiger partial charge in [-0.15, -0.1) is 0 Å². The maximum Gasteiger partial charge on any atom is 0.0516 e. The van der Waals surface area contributed by atoms with Crippen molar-refractivity contribution in [3.8, 4) is 11.3 Å². The molecule has 2 heteroatoms. The van der Waals surface area contributed by atoms with Crippen LogP contribution >= 0.6 is 0 Å². The first-order valence-electron chi connectivity index (χ1n) is 11.9. The Kier molecular flexibility index (Phi) is 5.07. The first-order chi connectivity index (χ1) is 16.7. The second-order valence-corrected chi connectivity index (χ2v) is 9.34. The predicted molar refractivity (Wildman–Crippen MR) is 143 cm³/mol. The standard InChI is InChI=1S/C32H28N2/c1-23-13-15-30-27(17-23)19-32(34(30)21-26-11-7-4-8-12-26)29-22-33(20-25-9-5-3-6-10-25)31-16-14-24(2)18-28(29)31/h3-19,22H,20-21H2,1-2H3. The van der Waals surface area contributed by atoms with Gasteiger partial charge >= 0.3 is 0 Å². The highest BCUT2D eigenvalue weighted by Gasteiger charge is 2.17. The molecule has 4 aromatic carbocycles. The summed E-state index contributed by atoms with van der Waals surface area (Å²) in [6.07, 6.45) is 2.35. The van der Waals surface area contributed by atoms with Gasteiger partial charge in [0.2, 0.25) is 0 Å². The zero-order valence-corrected chi connectivity index (χ0v) is 19.7. The van der Waals surface area contributed by atoms with Gasteiger partial charge in [0, 0.05) is 46.7 Å². The first-order valence-corrected chi connectivity index (χ1v) is 11.9. The molecule has 0 fully saturated rings. The van der Waals surface area contributed by atoms with E-state index in [2.05, 4.69) is 132 Å². The Balaban J connectivity index is 1.58. The molecule has 0 unspecified atom stereocenters. The summed E-state index contributed by atoms with van der Waals surface area (Å²) in [5.41, 5.74) is 10.3. The highest BCUT2D eigenvalue weighted by Crippen LogP contribution is 2.36. The van der Waals surface area contributed by atoms with E-state index in [1.54, 1.807) is 0 Å². The van der Waals surface area contributed by atoms with Crippen LogP contribution in [0.2, 0.25) is 0 Å². The van der Waals surface area contributed by atoms with Gasteiger partial charge in [-0.1, -0.05) is 83.9 Å². The van der Waals surface area contributed by atoms with Gasteiger partial charge in [0.15, 0.2) is 0 Å². The summed E-state index contributed by atoms with van der Waals surface area (Å²) in [6.45, 7) is 6.06. The lowest BCUT2D eigenvalue weighted by Gasteiger charge is -2.11. The number of rotatable bonds is 5. The topological polar surface area (TPSA) is 9.86 Å². The molecular formula is C32H28N2. The molecule has 2 aromatic heterocycles. The smallest absolute Gasteiger partial charge is 0.0516 e. The second kappa shape index (κ2) is 8.39. The Labute approximate surface area is 200 Å². The molecule has 2 heterocycles. The molecular weight excluding hydrogens is 412 g/mol. The maximum absolute atomic E-state index is 2.48. The highest BCUT2D eigenvalue weighted by molar-refractivity contribution is 5.99. The number of aryl methyl sites for hydroxylation is 2. The summed E-state index contributed by atoms with van der Waals surface area (Å²) in [6, 6.07) is 37.5. The molecule has 0 N–H and O–H groups in total. The molecule has 0 radical (unpaired) electrons. The molecule has 0 saturated heterocycles. The molecule has 0 aliphatic rings. The van der Waals surface area contributed by atoms with Crippen molar-refractivity contribution in [3.05, 3.63) is 132 Å². The first kappa shape index (κ1) is 20.6. The number of hydrogen-bond acceptors (Lipinski definition) is 0. The van der Waals surface area contributed by atoms with E-state index in [-0.39, 0.29) is 0 Å². The number of fused-ring (bicyclic) bond motifs is 2. The maximum atomic E-state index is 2.48. The van der Waals surface area contributed by atoms with Crippen molar-refractivity contribution in [2.24, 2.45) is 0 Å². The fourth-order valence-electron chi connectivity index (χ4n) is 5.08. The molecule has 0 bridgehead atoms. The average molecular weight is 441 g/mol. The molecule has 0 aliphatic heterocycles. The third kappa shape index (κ3) is 3.72. The van der Waals surface area contributed by atoms with E-state index in [0.29, 0.717) is 0 Å². The lowest BCUT2D eigenvalue weighted by atomic mass is 10.1. The summed E-state index contributed by atoms with van der Waals surface area (Å²) >= 11 is 0. The minimum atomic E-state index is 0.847. The lowest BCUT2D eigenvalue weighted by Crippen LogP contribution is -2.01. The van der Waals surface area contributed by atoms with Crippen molar-refractivity contribution >= 4 is 21.8 Å². The predicted octanol–water partition coefficient (Wildman–Crippen LogP) is 7.98. The van der Waals surface area contributed by atoms with Crippen LogP contribution in [-0.4, -0.2) is 9.13 Å².